The molecule has 0 radical (unpaired) electrons. The normalized spacial score (nSPS) is 15.7. The molecule has 1 unspecified atom stereocenters. The van der Waals surface area contributed by atoms with Gasteiger partial charge in [-0.2, -0.15) is 11.8 Å². The first kappa shape index (κ1) is 12.6. The van der Waals surface area contributed by atoms with Gasteiger partial charge in [-0.15, -0.1) is 0 Å². The van der Waals surface area contributed by atoms with Gasteiger partial charge in [0.15, 0.2) is 5.82 Å². The molecule has 1 N–H and O–H groups in total. The number of aromatic nitrogens is 2. The standard InChI is InChI=1S/C12H19N3OS/c1-4-5-13-12-9-6-17-7-10(9)14-11(15-12)8(2)16-3/h8H,4-7H2,1-3H3,(H,13,14,15). The molecule has 1 aliphatic heterocycles. The molecule has 0 aromatic carbocycles. The quantitative estimate of drug-likeness (QED) is 0.874. The third-order valence-corrected chi connectivity index (χ3v) is 3.83. The summed E-state index contributed by atoms with van der Waals surface area (Å²) in [5.74, 6) is 3.79. The Morgan fingerprint density at radius 3 is 2.94 bits per heavy atom. The molecule has 17 heavy (non-hydrogen) atoms. The highest BCUT2D eigenvalue weighted by Crippen LogP contribution is 2.33. The average Bonchev–Trinajstić information content (AvgIpc) is 2.82. The Morgan fingerprint density at radius 2 is 2.24 bits per heavy atom. The monoisotopic (exact) mass is 253 g/mol. The van der Waals surface area contributed by atoms with Gasteiger partial charge < -0.3 is 10.1 Å². The maximum absolute atomic E-state index is 5.30. The highest BCUT2D eigenvalue weighted by atomic mass is 32.2. The number of methoxy groups -OCH3 is 1. The summed E-state index contributed by atoms with van der Waals surface area (Å²) in [6.45, 7) is 5.09. The molecule has 0 aliphatic carbocycles. The van der Waals surface area contributed by atoms with Crippen LogP contribution in [0.2, 0.25) is 0 Å². The molecule has 1 atom stereocenters. The van der Waals surface area contributed by atoms with Crippen LogP contribution in [-0.4, -0.2) is 23.6 Å². The van der Waals surface area contributed by atoms with E-state index in [1.165, 1.54) is 11.3 Å². The van der Waals surface area contributed by atoms with E-state index < -0.39 is 0 Å². The number of nitrogens with one attached hydrogen (secondary N) is 1. The van der Waals surface area contributed by atoms with E-state index in [1.54, 1.807) is 7.11 Å². The largest absolute Gasteiger partial charge is 0.374 e. The Kier molecular flexibility index (Phi) is 4.23. The lowest BCUT2D eigenvalue weighted by Crippen LogP contribution is -2.11. The van der Waals surface area contributed by atoms with Crippen molar-refractivity contribution in [2.45, 2.75) is 37.9 Å². The van der Waals surface area contributed by atoms with Crippen molar-refractivity contribution < 1.29 is 4.74 Å². The van der Waals surface area contributed by atoms with Crippen molar-refractivity contribution in [3.63, 3.8) is 0 Å². The molecule has 1 aromatic heterocycles. The van der Waals surface area contributed by atoms with Gasteiger partial charge in [0.05, 0.1) is 5.69 Å². The fourth-order valence-corrected chi connectivity index (χ4v) is 2.79. The second-order valence-corrected chi connectivity index (χ2v) is 5.14. The zero-order chi connectivity index (χ0) is 12.3. The second-order valence-electron chi connectivity index (χ2n) is 4.15. The van der Waals surface area contributed by atoms with E-state index in [9.17, 15) is 0 Å². The van der Waals surface area contributed by atoms with Crippen molar-refractivity contribution in [1.29, 1.82) is 0 Å². The van der Waals surface area contributed by atoms with Gasteiger partial charge in [-0.1, -0.05) is 6.92 Å². The number of rotatable bonds is 5. The molecule has 2 rings (SSSR count). The molecule has 1 aromatic rings. The minimum absolute atomic E-state index is 0.0481. The zero-order valence-corrected chi connectivity index (χ0v) is 11.4. The number of hydrogen-bond donors (Lipinski definition) is 1. The number of thioether (sulfide) groups is 1. The van der Waals surface area contributed by atoms with E-state index in [0.29, 0.717) is 0 Å². The SMILES string of the molecule is CCCNc1nc(C(C)OC)nc2c1CSC2. The van der Waals surface area contributed by atoms with Gasteiger partial charge in [0.1, 0.15) is 11.9 Å². The van der Waals surface area contributed by atoms with Gasteiger partial charge in [0, 0.05) is 30.7 Å². The minimum Gasteiger partial charge on any atom is -0.374 e. The summed E-state index contributed by atoms with van der Waals surface area (Å²) in [5.41, 5.74) is 2.44. The van der Waals surface area contributed by atoms with Crippen LogP contribution in [0.1, 0.15) is 43.5 Å². The van der Waals surface area contributed by atoms with Crippen molar-refractivity contribution in [2.75, 3.05) is 19.0 Å². The first-order valence-corrected chi connectivity index (χ1v) is 7.15. The van der Waals surface area contributed by atoms with Gasteiger partial charge in [0.25, 0.3) is 0 Å². The first-order valence-electron chi connectivity index (χ1n) is 6.00. The molecule has 4 nitrogen and oxygen atoms in total. The van der Waals surface area contributed by atoms with Gasteiger partial charge in [-0.25, -0.2) is 9.97 Å². The number of fused-ring (bicyclic) bond motifs is 1. The number of anilines is 1. The fourth-order valence-electron chi connectivity index (χ4n) is 1.75. The number of nitrogens with zero attached hydrogens (tertiary/aromatic N) is 2. The van der Waals surface area contributed by atoms with Crippen molar-refractivity contribution in [2.24, 2.45) is 0 Å². The molecule has 0 spiro atoms. The predicted octanol–water partition coefficient (Wildman–Crippen LogP) is 2.75. The van der Waals surface area contributed by atoms with E-state index in [0.717, 1.165) is 36.1 Å². The molecular formula is C12H19N3OS. The van der Waals surface area contributed by atoms with Crippen molar-refractivity contribution in [3.05, 3.63) is 17.1 Å². The van der Waals surface area contributed by atoms with E-state index in [-0.39, 0.29) is 6.10 Å². The van der Waals surface area contributed by atoms with Crippen LogP contribution in [0.25, 0.3) is 0 Å². The maximum Gasteiger partial charge on any atom is 0.159 e. The topological polar surface area (TPSA) is 47.0 Å². The van der Waals surface area contributed by atoms with Crippen LogP contribution in [0.15, 0.2) is 0 Å². The summed E-state index contributed by atoms with van der Waals surface area (Å²) in [5, 5.41) is 3.39. The van der Waals surface area contributed by atoms with Gasteiger partial charge >= 0.3 is 0 Å². The summed E-state index contributed by atoms with van der Waals surface area (Å²) >= 11 is 1.90. The number of ether oxygens (including phenoxy) is 1. The smallest absolute Gasteiger partial charge is 0.159 e. The Morgan fingerprint density at radius 1 is 1.41 bits per heavy atom. The van der Waals surface area contributed by atoms with Crippen molar-refractivity contribution in [3.8, 4) is 0 Å². The Bertz CT molecular complexity index is 398. The highest BCUT2D eigenvalue weighted by molar-refractivity contribution is 7.98. The van der Waals surface area contributed by atoms with Crippen molar-refractivity contribution in [1.82, 2.24) is 9.97 Å². The predicted molar refractivity (Wildman–Crippen MR) is 71.2 cm³/mol. The van der Waals surface area contributed by atoms with Crippen LogP contribution in [-0.2, 0) is 16.2 Å². The fraction of sp³-hybridized carbons (Fsp3) is 0.667. The molecule has 0 saturated heterocycles. The third kappa shape index (κ3) is 2.72. The highest BCUT2D eigenvalue weighted by Gasteiger charge is 2.21. The van der Waals surface area contributed by atoms with E-state index >= 15 is 0 Å². The minimum atomic E-state index is -0.0481. The van der Waals surface area contributed by atoms with Crippen LogP contribution in [0.3, 0.4) is 0 Å². The molecule has 0 bridgehead atoms. The molecule has 0 amide bonds. The van der Waals surface area contributed by atoms with E-state index in [2.05, 4.69) is 22.2 Å². The summed E-state index contributed by atoms with van der Waals surface area (Å²) in [7, 11) is 1.69. The maximum atomic E-state index is 5.30. The van der Waals surface area contributed by atoms with Crippen LogP contribution >= 0.6 is 11.8 Å². The van der Waals surface area contributed by atoms with Gasteiger partial charge in [-0.05, 0) is 13.3 Å². The lowest BCUT2D eigenvalue weighted by atomic mass is 10.2. The molecule has 0 fully saturated rings. The van der Waals surface area contributed by atoms with Crippen LogP contribution in [0.4, 0.5) is 5.82 Å². The van der Waals surface area contributed by atoms with Gasteiger partial charge in [0.2, 0.25) is 0 Å². The lowest BCUT2D eigenvalue weighted by molar-refractivity contribution is 0.112. The van der Waals surface area contributed by atoms with E-state index in [4.69, 9.17) is 4.74 Å². The summed E-state index contributed by atoms with van der Waals surface area (Å²) in [6, 6.07) is 0. The molecule has 0 saturated carbocycles. The van der Waals surface area contributed by atoms with Gasteiger partial charge in [-0.3, -0.25) is 0 Å². The summed E-state index contributed by atoms with van der Waals surface area (Å²) < 4.78 is 5.30. The summed E-state index contributed by atoms with van der Waals surface area (Å²) in [4.78, 5) is 9.19. The van der Waals surface area contributed by atoms with Crippen LogP contribution in [0.5, 0.6) is 0 Å². The third-order valence-electron chi connectivity index (χ3n) is 2.85. The average molecular weight is 253 g/mol. The molecular weight excluding hydrogens is 234 g/mol. The van der Waals surface area contributed by atoms with Crippen LogP contribution in [0, 0.1) is 0 Å². The second kappa shape index (κ2) is 5.69. The van der Waals surface area contributed by atoms with Crippen LogP contribution < -0.4 is 5.32 Å². The lowest BCUT2D eigenvalue weighted by Gasteiger charge is -2.14. The molecule has 2 heterocycles. The Hall–Kier alpha value is -0.810. The van der Waals surface area contributed by atoms with E-state index in [1.807, 2.05) is 18.7 Å². The molecule has 94 valence electrons. The molecule has 5 heteroatoms. The zero-order valence-electron chi connectivity index (χ0n) is 10.6. The first-order chi connectivity index (χ1) is 8.26. The Labute approximate surface area is 107 Å². The summed E-state index contributed by atoms with van der Waals surface area (Å²) in [6.07, 6.45) is 1.05. The van der Waals surface area contributed by atoms with Crippen molar-refractivity contribution >= 4 is 17.6 Å². The Balaban J connectivity index is 2.31. The number of hydrogen-bond acceptors (Lipinski definition) is 5. The molecule has 1 aliphatic rings.